The third-order valence-electron chi connectivity index (χ3n) is 4.74. The van der Waals surface area contributed by atoms with Gasteiger partial charge in [-0.25, -0.2) is 4.99 Å². The molecule has 2 aromatic rings. The molecule has 2 rings (SSSR count). The zero-order chi connectivity index (χ0) is 22.5. The molecule has 7 heteroatoms. The Morgan fingerprint density at radius 1 is 0.968 bits per heavy atom. The first-order valence-electron chi connectivity index (χ1n) is 10.6. The fourth-order valence-corrected chi connectivity index (χ4v) is 3.10. The summed E-state index contributed by atoms with van der Waals surface area (Å²) in [5.74, 6) is 2.57. The highest BCUT2D eigenvalue weighted by atomic mass is 16.5. The van der Waals surface area contributed by atoms with Gasteiger partial charge in [-0.05, 0) is 43.5 Å². The van der Waals surface area contributed by atoms with Crippen LogP contribution in [0.15, 0.2) is 47.5 Å². The van der Waals surface area contributed by atoms with Gasteiger partial charge >= 0.3 is 0 Å². The third kappa shape index (κ3) is 7.68. The lowest BCUT2D eigenvalue weighted by atomic mass is 10.1. The largest absolute Gasteiger partial charge is 0.493 e. The molecule has 7 nitrogen and oxygen atoms in total. The van der Waals surface area contributed by atoms with Gasteiger partial charge in [0.05, 0.1) is 34.0 Å². The number of hydrogen-bond donors (Lipinski definition) is 2. The highest BCUT2D eigenvalue weighted by Gasteiger charge is 2.13. The standard InChI is InChI=1S/C24H35N3O4/c1-6-25-24(26-13-10-14-31-18(2)20-11-8-7-9-12-20)27-17-19-15-21(28-3)23(30-5)22(16-19)29-4/h7-9,11-12,15-16,18H,6,10,13-14,17H2,1-5H3,(H2,25,26,27). The van der Waals surface area contributed by atoms with Crippen LogP contribution < -0.4 is 24.8 Å². The molecule has 0 spiro atoms. The van der Waals surface area contributed by atoms with E-state index >= 15 is 0 Å². The van der Waals surface area contributed by atoms with E-state index in [1.165, 1.54) is 5.56 Å². The quantitative estimate of drug-likeness (QED) is 0.303. The molecule has 1 atom stereocenters. The van der Waals surface area contributed by atoms with Gasteiger partial charge in [-0.2, -0.15) is 0 Å². The summed E-state index contributed by atoms with van der Waals surface area (Å²) in [6.07, 6.45) is 0.967. The zero-order valence-electron chi connectivity index (χ0n) is 19.2. The first-order chi connectivity index (χ1) is 15.1. The normalized spacial score (nSPS) is 12.2. The average Bonchev–Trinajstić information content (AvgIpc) is 2.81. The Kier molecular flexibility index (Phi) is 10.5. The fourth-order valence-electron chi connectivity index (χ4n) is 3.10. The van der Waals surface area contributed by atoms with E-state index < -0.39 is 0 Å². The van der Waals surface area contributed by atoms with E-state index in [4.69, 9.17) is 18.9 Å². The zero-order valence-corrected chi connectivity index (χ0v) is 19.2. The molecule has 0 fully saturated rings. The Balaban J connectivity index is 1.87. The number of hydrogen-bond acceptors (Lipinski definition) is 5. The second-order valence-electron chi connectivity index (χ2n) is 6.93. The van der Waals surface area contributed by atoms with Crippen LogP contribution in [-0.4, -0.2) is 47.0 Å². The van der Waals surface area contributed by atoms with Crippen LogP contribution in [0.1, 0.15) is 37.5 Å². The second-order valence-corrected chi connectivity index (χ2v) is 6.93. The van der Waals surface area contributed by atoms with Crippen LogP contribution in [0.25, 0.3) is 0 Å². The second kappa shape index (κ2) is 13.4. The fraction of sp³-hybridized carbons (Fsp3) is 0.458. The van der Waals surface area contributed by atoms with Crippen molar-refractivity contribution in [1.29, 1.82) is 0 Å². The van der Waals surface area contributed by atoms with Gasteiger partial charge in [-0.1, -0.05) is 30.3 Å². The molecule has 0 aliphatic heterocycles. The molecule has 2 aromatic carbocycles. The molecule has 0 amide bonds. The predicted molar refractivity (Wildman–Crippen MR) is 124 cm³/mol. The van der Waals surface area contributed by atoms with Crippen LogP contribution in [0.3, 0.4) is 0 Å². The molecule has 1 unspecified atom stereocenters. The lowest BCUT2D eigenvalue weighted by Crippen LogP contribution is -2.38. The van der Waals surface area contributed by atoms with Crippen molar-refractivity contribution >= 4 is 5.96 Å². The van der Waals surface area contributed by atoms with Crippen molar-refractivity contribution in [3.8, 4) is 17.2 Å². The molecule has 0 bridgehead atoms. The number of nitrogens with one attached hydrogen (secondary N) is 2. The van der Waals surface area contributed by atoms with E-state index in [-0.39, 0.29) is 6.10 Å². The van der Waals surface area contributed by atoms with Gasteiger partial charge in [0, 0.05) is 19.7 Å². The van der Waals surface area contributed by atoms with Gasteiger partial charge in [0.25, 0.3) is 0 Å². The van der Waals surface area contributed by atoms with Gasteiger partial charge in [0.15, 0.2) is 17.5 Å². The van der Waals surface area contributed by atoms with E-state index in [2.05, 4.69) is 34.7 Å². The molecular formula is C24H35N3O4. The average molecular weight is 430 g/mol. The maximum Gasteiger partial charge on any atom is 0.203 e. The summed E-state index contributed by atoms with van der Waals surface area (Å²) < 4.78 is 22.1. The summed E-state index contributed by atoms with van der Waals surface area (Å²) in [5, 5.41) is 6.62. The molecule has 0 radical (unpaired) electrons. The van der Waals surface area contributed by atoms with Crippen molar-refractivity contribution in [2.75, 3.05) is 41.0 Å². The summed E-state index contributed by atoms with van der Waals surface area (Å²) in [5.41, 5.74) is 2.16. The SMILES string of the molecule is CCNC(=NCc1cc(OC)c(OC)c(OC)c1)NCCCOC(C)c1ccccc1. The van der Waals surface area contributed by atoms with Crippen molar-refractivity contribution in [2.24, 2.45) is 4.99 Å². The molecule has 2 N–H and O–H groups in total. The molecule has 170 valence electrons. The number of aliphatic imine (C=N–C) groups is 1. The van der Waals surface area contributed by atoms with Crippen LogP contribution in [0, 0.1) is 0 Å². The summed E-state index contributed by atoms with van der Waals surface area (Å²) in [6.45, 7) is 6.82. The smallest absolute Gasteiger partial charge is 0.203 e. The summed E-state index contributed by atoms with van der Waals surface area (Å²) in [4.78, 5) is 4.67. The lowest BCUT2D eigenvalue weighted by Gasteiger charge is -2.15. The Morgan fingerprint density at radius 2 is 1.65 bits per heavy atom. The van der Waals surface area contributed by atoms with Gasteiger partial charge in [-0.3, -0.25) is 0 Å². The summed E-state index contributed by atoms with van der Waals surface area (Å²) in [7, 11) is 4.81. The Bertz CT molecular complexity index is 787. The van der Waals surface area contributed by atoms with Crippen molar-refractivity contribution in [2.45, 2.75) is 32.9 Å². The highest BCUT2D eigenvalue weighted by molar-refractivity contribution is 5.79. The van der Waals surface area contributed by atoms with E-state index in [1.54, 1.807) is 21.3 Å². The maximum atomic E-state index is 5.93. The molecule has 0 aliphatic carbocycles. The number of rotatable bonds is 12. The molecule has 31 heavy (non-hydrogen) atoms. The van der Waals surface area contributed by atoms with Crippen molar-refractivity contribution in [1.82, 2.24) is 10.6 Å². The van der Waals surface area contributed by atoms with Gasteiger partial charge in [0.1, 0.15) is 0 Å². The molecule has 0 heterocycles. The Hall–Kier alpha value is -2.93. The number of ether oxygens (including phenoxy) is 4. The van der Waals surface area contributed by atoms with Gasteiger partial charge < -0.3 is 29.6 Å². The maximum absolute atomic E-state index is 5.93. The molecule has 0 saturated heterocycles. The van der Waals surface area contributed by atoms with Crippen LogP contribution in [0.5, 0.6) is 17.2 Å². The number of benzene rings is 2. The van der Waals surface area contributed by atoms with Gasteiger partial charge in [0.2, 0.25) is 5.75 Å². The summed E-state index contributed by atoms with van der Waals surface area (Å²) in [6, 6.07) is 14.1. The minimum atomic E-state index is 0.0862. The van der Waals surface area contributed by atoms with E-state index in [1.807, 2.05) is 37.3 Å². The van der Waals surface area contributed by atoms with Crippen molar-refractivity contribution in [3.63, 3.8) is 0 Å². The minimum absolute atomic E-state index is 0.0862. The number of methoxy groups -OCH3 is 3. The predicted octanol–water partition coefficient (Wildman–Crippen LogP) is 3.94. The highest BCUT2D eigenvalue weighted by Crippen LogP contribution is 2.38. The topological polar surface area (TPSA) is 73.3 Å². The van der Waals surface area contributed by atoms with E-state index in [0.29, 0.717) is 30.4 Å². The van der Waals surface area contributed by atoms with Crippen LogP contribution in [-0.2, 0) is 11.3 Å². The van der Waals surface area contributed by atoms with Crippen LogP contribution in [0.2, 0.25) is 0 Å². The first-order valence-corrected chi connectivity index (χ1v) is 10.6. The number of guanidine groups is 1. The molecular weight excluding hydrogens is 394 g/mol. The van der Waals surface area contributed by atoms with E-state index in [9.17, 15) is 0 Å². The third-order valence-corrected chi connectivity index (χ3v) is 4.74. The molecule has 0 aromatic heterocycles. The van der Waals surface area contributed by atoms with Gasteiger partial charge in [-0.15, -0.1) is 0 Å². The summed E-state index contributed by atoms with van der Waals surface area (Å²) >= 11 is 0. The number of nitrogens with zero attached hydrogens (tertiary/aromatic N) is 1. The molecule has 0 aliphatic rings. The Labute approximate surface area is 185 Å². The monoisotopic (exact) mass is 429 g/mol. The Morgan fingerprint density at radius 3 is 2.23 bits per heavy atom. The molecule has 0 saturated carbocycles. The van der Waals surface area contributed by atoms with Crippen molar-refractivity contribution < 1.29 is 18.9 Å². The minimum Gasteiger partial charge on any atom is -0.493 e. The van der Waals surface area contributed by atoms with Crippen LogP contribution in [0.4, 0.5) is 0 Å². The lowest BCUT2D eigenvalue weighted by molar-refractivity contribution is 0.0646. The van der Waals surface area contributed by atoms with Crippen molar-refractivity contribution in [3.05, 3.63) is 53.6 Å². The van der Waals surface area contributed by atoms with Crippen LogP contribution >= 0.6 is 0 Å². The first kappa shape index (κ1) is 24.3. The van der Waals surface area contributed by atoms with E-state index in [0.717, 1.165) is 31.0 Å².